The van der Waals surface area contributed by atoms with Crippen molar-refractivity contribution in [2.75, 3.05) is 17.3 Å². The molecule has 0 radical (unpaired) electrons. The molecule has 5 N–H and O–H groups in total. The Kier molecular flexibility index (Phi) is 6.67. The van der Waals surface area contributed by atoms with Gasteiger partial charge in [-0.1, -0.05) is 11.6 Å². The lowest BCUT2D eigenvalue weighted by Gasteiger charge is -2.25. The van der Waals surface area contributed by atoms with E-state index in [0.29, 0.717) is 45.5 Å². The predicted molar refractivity (Wildman–Crippen MR) is 137 cm³/mol. The van der Waals surface area contributed by atoms with E-state index >= 15 is 0 Å². The third-order valence-electron chi connectivity index (χ3n) is 6.41. The fourth-order valence-corrected chi connectivity index (χ4v) is 5.81. The van der Waals surface area contributed by atoms with E-state index in [1.165, 1.54) is 17.7 Å². The van der Waals surface area contributed by atoms with Crippen molar-refractivity contribution in [1.82, 2.24) is 25.8 Å². The SMILES string of the molecule is Cn1nc(Cl)cc1NNC(=S)N[C@H]1CCc2sc(NC(=O)C3CC3)c(C(=O)NCC3CC3)c2C1. The number of amides is 2. The Morgan fingerprint density at radius 1 is 1.26 bits per heavy atom. The summed E-state index contributed by atoms with van der Waals surface area (Å²) >= 11 is 12.9. The quantitative estimate of drug-likeness (QED) is 0.268. The van der Waals surface area contributed by atoms with Gasteiger partial charge in [0, 0.05) is 36.5 Å². The molecule has 0 saturated heterocycles. The number of hydrazine groups is 1. The van der Waals surface area contributed by atoms with E-state index in [0.717, 1.165) is 31.2 Å². The number of halogens is 1. The second-order valence-corrected chi connectivity index (χ2v) is 11.2. The van der Waals surface area contributed by atoms with Crippen molar-refractivity contribution in [2.45, 2.75) is 51.0 Å². The summed E-state index contributed by atoms with van der Waals surface area (Å²) in [6.45, 7) is 0.693. The lowest BCUT2D eigenvalue weighted by molar-refractivity contribution is -0.117. The molecule has 182 valence electrons. The number of thiocarbonyl (C=S) groups is 1. The molecule has 2 saturated carbocycles. The van der Waals surface area contributed by atoms with E-state index in [4.69, 9.17) is 23.8 Å². The van der Waals surface area contributed by atoms with Crippen molar-refractivity contribution >= 4 is 62.9 Å². The summed E-state index contributed by atoms with van der Waals surface area (Å²) in [7, 11) is 1.78. The molecule has 12 heteroatoms. The van der Waals surface area contributed by atoms with Crippen molar-refractivity contribution in [1.29, 1.82) is 0 Å². The van der Waals surface area contributed by atoms with Gasteiger partial charge in [0.05, 0.1) is 5.56 Å². The van der Waals surface area contributed by atoms with Crippen LogP contribution in [0.4, 0.5) is 10.8 Å². The van der Waals surface area contributed by atoms with Crippen LogP contribution in [-0.4, -0.2) is 39.3 Å². The fourth-order valence-electron chi connectivity index (χ4n) is 4.13. The molecule has 0 bridgehead atoms. The number of nitrogens with one attached hydrogen (secondary N) is 5. The van der Waals surface area contributed by atoms with Crippen LogP contribution < -0.4 is 26.8 Å². The lowest BCUT2D eigenvalue weighted by Crippen LogP contribution is -2.46. The van der Waals surface area contributed by atoms with Gasteiger partial charge in [0.25, 0.3) is 5.91 Å². The molecule has 9 nitrogen and oxygen atoms in total. The van der Waals surface area contributed by atoms with Crippen LogP contribution in [-0.2, 0) is 24.7 Å². The van der Waals surface area contributed by atoms with Crippen LogP contribution in [0.25, 0.3) is 0 Å². The number of thiophene rings is 1. The third kappa shape index (κ3) is 5.47. The molecule has 2 fully saturated rings. The molecule has 5 rings (SSSR count). The average Bonchev–Trinajstić information content (AvgIpc) is 3.71. The molecular formula is C22H28ClN7O2S2. The largest absolute Gasteiger partial charge is 0.358 e. The number of aryl methyl sites for hydroxylation is 2. The van der Waals surface area contributed by atoms with Crippen molar-refractivity contribution in [2.24, 2.45) is 18.9 Å². The molecule has 2 amide bonds. The summed E-state index contributed by atoms with van der Waals surface area (Å²) in [5.41, 5.74) is 7.61. The first-order valence-corrected chi connectivity index (χ1v) is 13.2. The Hall–Kier alpha value is -2.37. The molecule has 2 aromatic rings. The zero-order valence-electron chi connectivity index (χ0n) is 18.9. The summed E-state index contributed by atoms with van der Waals surface area (Å²) < 4.78 is 1.61. The minimum Gasteiger partial charge on any atom is -0.358 e. The predicted octanol–water partition coefficient (Wildman–Crippen LogP) is 2.97. The minimum atomic E-state index is -0.0911. The fraction of sp³-hybridized carbons (Fsp3) is 0.545. The van der Waals surface area contributed by atoms with Crippen LogP contribution in [0.3, 0.4) is 0 Å². The molecule has 0 aliphatic heterocycles. The Morgan fingerprint density at radius 3 is 2.74 bits per heavy atom. The molecule has 3 aliphatic rings. The minimum absolute atomic E-state index is 0.0243. The van der Waals surface area contributed by atoms with Crippen molar-refractivity contribution in [3.05, 3.63) is 27.2 Å². The summed E-state index contributed by atoms with van der Waals surface area (Å²) in [4.78, 5) is 26.8. The number of hydrogen-bond donors (Lipinski definition) is 5. The van der Waals surface area contributed by atoms with Gasteiger partial charge in [-0.05, 0) is 68.6 Å². The Balaban J connectivity index is 1.26. The zero-order valence-corrected chi connectivity index (χ0v) is 21.3. The van der Waals surface area contributed by atoms with E-state index in [1.54, 1.807) is 29.1 Å². The van der Waals surface area contributed by atoms with Gasteiger partial charge < -0.3 is 16.0 Å². The maximum atomic E-state index is 13.2. The molecule has 1 atom stereocenters. The Labute approximate surface area is 212 Å². The highest BCUT2D eigenvalue weighted by molar-refractivity contribution is 7.80. The van der Waals surface area contributed by atoms with Gasteiger partial charge in [-0.2, -0.15) is 5.10 Å². The van der Waals surface area contributed by atoms with Gasteiger partial charge in [-0.25, -0.2) is 4.68 Å². The first-order valence-electron chi connectivity index (χ1n) is 11.6. The number of hydrogen-bond acceptors (Lipinski definition) is 6. The van der Waals surface area contributed by atoms with E-state index in [1.807, 2.05) is 0 Å². The molecule has 2 heterocycles. The number of aromatic nitrogens is 2. The highest BCUT2D eigenvalue weighted by Crippen LogP contribution is 2.40. The van der Waals surface area contributed by atoms with Gasteiger partial charge >= 0.3 is 0 Å². The second kappa shape index (κ2) is 9.71. The standard InChI is InChI=1S/C22H28ClN7O2S2/c1-30-17(9-16(23)29-30)27-28-22(33)25-13-6-7-15-14(8-13)18(20(32)24-10-11-2-3-11)21(34-15)26-19(31)12-4-5-12/h9,11-13,27H,2-8,10H2,1H3,(H,24,32)(H,26,31)(H2,25,28,33)/t13-/m0/s1. The summed E-state index contributed by atoms with van der Waals surface area (Å²) in [5.74, 6) is 1.29. The van der Waals surface area contributed by atoms with Crippen LogP contribution in [0.15, 0.2) is 6.07 Å². The van der Waals surface area contributed by atoms with Gasteiger partial charge in [0.1, 0.15) is 10.8 Å². The number of nitrogens with zero attached hydrogens (tertiary/aromatic N) is 2. The molecule has 0 aromatic carbocycles. The van der Waals surface area contributed by atoms with Crippen LogP contribution in [0.2, 0.25) is 5.15 Å². The number of rotatable bonds is 8. The van der Waals surface area contributed by atoms with Gasteiger partial charge in [-0.15, -0.1) is 11.3 Å². The molecular weight excluding hydrogens is 494 g/mol. The molecule has 3 aliphatic carbocycles. The average molecular weight is 522 g/mol. The topological polar surface area (TPSA) is 112 Å². The number of fused-ring (bicyclic) bond motifs is 1. The summed E-state index contributed by atoms with van der Waals surface area (Å²) in [5, 5.41) is 15.1. The molecule has 0 unspecified atom stereocenters. The normalized spacial score (nSPS) is 19.2. The van der Waals surface area contributed by atoms with E-state index < -0.39 is 0 Å². The molecule has 2 aromatic heterocycles. The summed E-state index contributed by atoms with van der Waals surface area (Å²) in [6.07, 6.45) is 6.56. The summed E-state index contributed by atoms with van der Waals surface area (Å²) in [6, 6.07) is 1.76. The lowest BCUT2D eigenvalue weighted by atomic mass is 9.91. The monoisotopic (exact) mass is 521 g/mol. The van der Waals surface area contributed by atoms with Gasteiger partial charge in [0.2, 0.25) is 5.91 Å². The first-order chi connectivity index (χ1) is 16.4. The molecule has 34 heavy (non-hydrogen) atoms. The smallest absolute Gasteiger partial charge is 0.254 e. The third-order valence-corrected chi connectivity index (χ3v) is 8.02. The zero-order chi connectivity index (χ0) is 23.8. The van der Waals surface area contributed by atoms with E-state index in [2.05, 4.69) is 31.9 Å². The van der Waals surface area contributed by atoms with Gasteiger partial charge in [0.15, 0.2) is 10.3 Å². The van der Waals surface area contributed by atoms with Crippen molar-refractivity contribution in [3.63, 3.8) is 0 Å². The number of carbonyl (C=O) groups is 2. The van der Waals surface area contributed by atoms with Crippen LogP contribution in [0.1, 0.15) is 52.9 Å². The maximum Gasteiger partial charge on any atom is 0.254 e. The number of anilines is 2. The second-order valence-electron chi connectivity index (χ2n) is 9.26. The van der Waals surface area contributed by atoms with Crippen LogP contribution in [0.5, 0.6) is 0 Å². The van der Waals surface area contributed by atoms with Gasteiger partial charge in [-0.3, -0.25) is 20.4 Å². The van der Waals surface area contributed by atoms with Crippen molar-refractivity contribution < 1.29 is 9.59 Å². The maximum absolute atomic E-state index is 13.2. The van der Waals surface area contributed by atoms with E-state index in [9.17, 15) is 9.59 Å². The van der Waals surface area contributed by atoms with Crippen molar-refractivity contribution in [3.8, 4) is 0 Å². The molecule has 0 spiro atoms. The Bertz CT molecular complexity index is 1120. The highest BCUT2D eigenvalue weighted by Gasteiger charge is 2.34. The number of carbonyl (C=O) groups excluding carboxylic acids is 2. The highest BCUT2D eigenvalue weighted by atomic mass is 35.5. The van der Waals surface area contributed by atoms with Crippen LogP contribution >= 0.6 is 35.2 Å². The first kappa shape index (κ1) is 23.4. The Morgan fingerprint density at radius 2 is 2.06 bits per heavy atom. The van der Waals surface area contributed by atoms with E-state index in [-0.39, 0.29) is 23.8 Å². The van der Waals surface area contributed by atoms with Crippen LogP contribution in [0, 0.1) is 11.8 Å².